The highest BCUT2D eigenvalue weighted by atomic mass is 15.2. The van der Waals surface area contributed by atoms with Crippen molar-refractivity contribution in [3.63, 3.8) is 0 Å². The van der Waals surface area contributed by atoms with Crippen molar-refractivity contribution in [1.82, 2.24) is 9.13 Å². The second-order valence-electron chi connectivity index (χ2n) is 38.7. The number of anilines is 6. The fourth-order valence-electron chi connectivity index (χ4n) is 21.6. The van der Waals surface area contributed by atoms with E-state index in [0.29, 0.717) is 0 Å². The standard InChI is InChI=1S/C116H91BN4/c1-113(2,3)78-36-16-32-73(60-78)84-40-24-41-85(74-33-17-37-79(61-74)114(4,5)6)111(84)120-98-66-82(118-94-56-48-69-28-20-44-88-89-45-21-29-70-49-57-95(118)107(103(70)89)106(94)102(69)88)52-54-92(98)117-93-55-53-83(119-96-58-50-71-30-22-46-90-91-47-23-31-72-51-59-97(119)109(105(72)91)108(96)104(71)90)67-99(93)121(101-65-77(64-100(120)110(101)117)68-26-14-13-15-27-68)112-86(75-34-18-38-80(62-75)115(7,8)9)42-25-43-87(112)76-35-19-39-81(63-76)116(10,11)12/h13-67H,1-12H3. The molecule has 0 saturated heterocycles. The van der Waals surface area contributed by atoms with Gasteiger partial charge in [-0.15, -0.1) is 0 Å². The summed E-state index contributed by atoms with van der Waals surface area (Å²) in [7, 11) is 0. The molecule has 22 aromatic rings. The first-order valence-electron chi connectivity index (χ1n) is 43.2. The van der Waals surface area contributed by atoms with Crippen LogP contribution in [0.1, 0.15) is 105 Å². The van der Waals surface area contributed by atoms with E-state index < -0.39 is 0 Å². The minimum atomic E-state index is -0.306. The molecule has 24 rings (SSSR count). The van der Waals surface area contributed by atoms with Crippen LogP contribution in [0.15, 0.2) is 334 Å². The van der Waals surface area contributed by atoms with Crippen LogP contribution < -0.4 is 26.2 Å². The Balaban J connectivity index is 0.879. The van der Waals surface area contributed by atoms with Crippen molar-refractivity contribution in [3.05, 3.63) is 356 Å². The smallest absolute Gasteiger partial charge is 0.252 e. The van der Waals surface area contributed by atoms with Gasteiger partial charge in [0.25, 0.3) is 6.71 Å². The molecule has 5 heteroatoms. The molecule has 20 aromatic carbocycles. The molecule has 0 unspecified atom stereocenters. The predicted molar refractivity (Wildman–Crippen MR) is 521 cm³/mol. The maximum Gasteiger partial charge on any atom is 0.252 e. The molecular weight excluding hydrogens is 1460 g/mol. The van der Waals surface area contributed by atoms with Crippen molar-refractivity contribution in [2.24, 2.45) is 0 Å². The summed E-state index contributed by atoms with van der Waals surface area (Å²) in [6, 6.07) is 130. The third-order valence-electron chi connectivity index (χ3n) is 27.5. The Labute approximate surface area is 707 Å². The molecule has 4 heterocycles. The summed E-state index contributed by atoms with van der Waals surface area (Å²) in [4.78, 5) is 5.54. The summed E-state index contributed by atoms with van der Waals surface area (Å²) < 4.78 is 5.22. The Morgan fingerprint density at radius 2 is 0.504 bits per heavy atom. The predicted octanol–water partition coefficient (Wildman–Crippen LogP) is 30.2. The molecule has 0 radical (unpaired) electrons. The van der Waals surface area contributed by atoms with E-state index in [-0.39, 0.29) is 28.4 Å². The molecule has 2 aliphatic heterocycles. The second kappa shape index (κ2) is 25.4. The number of nitrogens with zero attached hydrogens (tertiary/aromatic N) is 4. The molecule has 121 heavy (non-hydrogen) atoms. The Kier molecular flexibility index (Phi) is 15.0. The zero-order valence-electron chi connectivity index (χ0n) is 70.6. The van der Waals surface area contributed by atoms with Gasteiger partial charge in [0.1, 0.15) is 0 Å². The van der Waals surface area contributed by atoms with Crippen molar-refractivity contribution in [3.8, 4) is 67.0 Å². The van der Waals surface area contributed by atoms with E-state index >= 15 is 0 Å². The van der Waals surface area contributed by atoms with E-state index in [1.165, 1.54) is 147 Å². The SMILES string of the molecule is CC(C)(C)c1cccc(-c2cccc(-c3cccc(C(C)(C)C)c3)c2N2c3cc(-n4c5ccc6cccc7c8cccc9ccc4c(c98)c5c67)ccc3B3c4ccc(-n5c6ccc7cccc8c9cccc%10ccc5c(c%109)c6c78)cc4N(c4c(-c5cccc(C(C)(C)C)c5)cccc4-c4cccc(C(C)(C)C)c4)c4cc(-c5ccccc5)cc2c43)c1. The van der Waals surface area contributed by atoms with Crippen molar-refractivity contribution in [1.29, 1.82) is 0 Å². The van der Waals surface area contributed by atoms with Crippen molar-refractivity contribution in [2.45, 2.75) is 105 Å². The summed E-state index contributed by atoms with van der Waals surface area (Å²) in [5.41, 5.74) is 33.5. The molecule has 0 fully saturated rings. The molecule has 0 saturated carbocycles. The largest absolute Gasteiger partial charge is 0.310 e. The molecule has 0 bridgehead atoms. The van der Waals surface area contributed by atoms with Gasteiger partial charge in [0.2, 0.25) is 0 Å². The van der Waals surface area contributed by atoms with E-state index in [4.69, 9.17) is 0 Å². The van der Waals surface area contributed by atoms with Crippen LogP contribution in [-0.4, -0.2) is 15.8 Å². The highest BCUT2D eigenvalue weighted by molar-refractivity contribution is 7.00. The zero-order chi connectivity index (χ0) is 81.8. The van der Waals surface area contributed by atoms with Gasteiger partial charge in [-0.2, -0.15) is 0 Å². The minimum absolute atomic E-state index is 0.139. The maximum atomic E-state index is 2.77. The number of rotatable bonds is 9. The van der Waals surface area contributed by atoms with Gasteiger partial charge in [0, 0.05) is 77.9 Å². The Hall–Kier alpha value is -13.7. The summed E-state index contributed by atoms with van der Waals surface area (Å²) in [6.45, 7) is 27.9. The summed E-state index contributed by atoms with van der Waals surface area (Å²) >= 11 is 0. The quantitative estimate of drug-likeness (QED) is 0.0813. The minimum Gasteiger partial charge on any atom is -0.310 e. The van der Waals surface area contributed by atoms with Crippen LogP contribution in [0.4, 0.5) is 34.1 Å². The zero-order valence-corrected chi connectivity index (χ0v) is 70.6. The lowest BCUT2D eigenvalue weighted by atomic mass is 9.33. The fraction of sp³-hybridized carbons (Fsp3) is 0.138. The third-order valence-corrected chi connectivity index (χ3v) is 27.5. The van der Waals surface area contributed by atoms with Crippen LogP contribution in [0, 0.1) is 0 Å². The van der Waals surface area contributed by atoms with E-state index in [0.717, 1.165) is 101 Å². The number of hydrogen-bond donors (Lipinski definition) is 0. The first-order chi connectivity index (χ1) is 58.6. The molecule has 2 aliphatic rings. The first kappa shape index (κ1) is 71.4. The third kappa shape index (κ3) is 10.5. The fourth-order valence-corrected chi connectivity index (χ4v) is 21.6. The van der Waals surface area contributed by atoms with Gasteiger partial charge in [-0.3, -0.25) is 0 Å². The summed E-state index contributed by atoms with van der Waals surface area (Å²) in [6.07, 6.45) is 0. The average molecular weight is 1550 g/mol. The van der Waals surface area contributed by atoms with Gasteiger partial charge >= 0.3 is 0 Å². The van der Waals surface area contributed by atoms with E-state index in [2.05, 4.69) is 436 Å². The number of aromatic nitrogens is 2. The normalized spacial score (nSPS) is 13.4. The van der Waals surface area contributed by atoms with Crippen molar-refractivity contribution in [2.75, 3.05) is 9.80 Å². The van der Waals surface area contributed by atoms with Gasteiger partial charge in [0.05, 0.1) is 33.4 Å². The lowest BCUT2D eigenvalue weighted by Crippen LogP contribution is -2.61. The number of hydrogen-bond acceptors (Lipinski definition) is 2. The monoisotopic (exact) mass is 1550 g/mol. The van der Waals surface area contributed by atoms with E-state index in [1.54, 1.807) is 0 Å². The number of benzene rings is 20. The van der Waals surface area contributed by atoms with E-state index in [9.17, 15) is 0 Å². The van der Waals surface area contributed by atoms with Crippen molar-refractivity contribution >= 4 is 165 Å². The second-order valence-corrected chi connectivity index (χ2v) is 38.7. The molecule has 0 aliphatic carbocycles. The molecule has 578 valence electrons. The molecule has 0 amide bonds. The van der Waals surface area contributed by atoms with Crippen LogP contribution >= 0.6 is 0 Å². The summed E-state index contributed by atoms with van der Waals surface area (Å²) in [5, 5.41) is 20.7. The van der Waals surface area contributed by atoms with Crippen LogP contribution in [0.5, 0.6) is 0 Å². The molecule has 2 aromatic heterocycles. The van der Waals surface area contributed by atoms with E-state index in [1.807, 2.05) is 0 Å². The molecule has 0 N–H and O–H groups in total. The van der Waals surface area contributed by atoms with Crippen LogP contribution in [-0.2, 0) is 21.7 Å². The highest BCUT2D eigenvalue weighted by Crippen LogP contribution is 2.57. The van der Waals surface area contributed by atoms with Crippen LogP contribution in [0.25, 0.3) is 175 Å². The topological polar surface area (TPSA) is 16.3 Å². The Bertz CT molecular complexity index is 7270. The van der Waals surface area contributed by atoms with Gasteiger partial charge in [-0.1, -0.05) is 356 Å². The van der Waals surface area contributed by atoms with Crippen molar-refractivity contribution < 1.29 is 0 Å². The highest BCUT2D eigenvalue weighted by Gasteiger charge is 2.47. The van der Waals surface area contributed by atoms with Gasteiger partial charge < -0.3 is 18.9 Å². The molecule has 0 atom stereocenters. The lowest BCUT2D eigenvalue weighted by Gasteiger charge is -2.46. The molecular formula is C116H91BN4. The molecule has 0 spiro atoms. The van der Waals surface area contributed by atoms with Crippen LogP contribution in [0.3, 0.4) is 0 Å². The van der Waals surface area contributed by atoms with Gasteiger partial charge in [-0.25, -0.2) is 0 Å². The summed E-state index contributed by atoms with van der Waals surface area (Å²) in [5.74, 6) is 0. The lowest BCUT2D eigenvalue weighted by molar-refractivity contribution is 0.590. The first-order valence-corrected chi connectivity index (χ1v) is 43.2. The number of para-hydroxylation sites is 2. The average Bonchev–Trinajstić information content (AvgIpc) is 1.68. The maximum absolute atomic E-state index is 2.77. The Morgan fingerprint density at radius 3 is 0.810 bits per heavy atom. The number of fused-ring (bicyclic) bond motifs is 6. The van der Waals surface area contributed by atoms with Gasteiger partial charge in [-0.05, 0) is 219 Å². The Morgan fingerprint density at radius 1 is 0.215 bits per heavy atom. The molecule has 4 nitrogen and oxygen atoms in total. The van der Waals surface area contributed by atoms with Gasteiger partial charge in [0.15, 0.2) is 0 Å². The van der Waals surface area contributed by atoms with Crippen LogP contribution in [0.2, 0.25) is 0 Å².